The van der Waals surface area contributed by atoms with E-state index in [1.54, 1.807) is 4.57 Å². The molecule has 0 aliphatic rings. The van der Waals surface area contributed by atoms with Crippen LogP contribution in [0.1, 0.15) is 16.7 Å². The van der Waals surface area contributed by atoms with Gasteiger partial charge in [-0.2, -0.15) is 4.99 Å². The minimum atomic E-state index is -0.443. The molecule has 2 heterocycles. The minimum Gasteiger partial charge on any atom is -0.494 e. The number of fused-ring (bicyclic) bond motifs is 2. The Morgan fingerprint density at radius 2 is 1.97 bits per heavy atom. The number of thiazole rings is 2. The Hall–Kier alpha value is -3.04. The molecule has 0 saturated carbocycles. The molecule has 2 aromatic carbocycles. The van der Waals surface area contributed by atoms with Crippen molar-refractivity contribution < 1.29 is 19.1 Å². The molecule has 7 nitrogen and oxygen atoms in total. The molecule has 4 rings (SSSR count). The highest BCUT2D eigenvalue weighted by atomic mass is 32.1. The first kappa shape index (κ1) is 19.3. The number of carbonyl (C=O) groups excluding carboxylic acids is 2. The first-order valence-corrected chi connectivity index (χ1v) is 10.5. The molecule has 0 aliphatic carbocycles. The molecule has 148 valence electrons. The van der Waals surface area contributed by atoms with E-state index in [2.05, 4.69) is 9.98 Å². The molecule has 0 atom stereocenters. The predicted octanol–water partition coefficient (Wildman–Crippen LogP) is 3.63. The zero-order valence-corrected chi connectivity index (χ0v) is 17.4. The average molecular weight is 428 g/mol. The van der Waals surface area contributed by atoms with E-state index in [0.29, 0.717) is 16.4 Å². The molecule has 9 heteroatoms. The van der Waals surface area contributed by atoms with Crippen LogP contribution in [0, 0.1) is 0 Å². The minimum absolute atomic E-state index is 0.0452. The van der Waals surface area contributed by atoms with Crippen LogP contribution in [0.4, 0.5) is 0 Å². The summed E-state index contributed by atoms with van der Waals surface area (Å²) in [5.74, 6) is -0.149. The van der Waals surface area contributed by atoms with Crippen molar-refractivity contribution in [1.29, 1.82) is 0 Å². The van der Waals surface area contributed by atoms with Gasteiger partial charge in [0.2, 0.25) is 0 Å². The van der Waals surface area contributed by atoms with Crippen molar-refractivity contribution in [1.82, 2.24) is 9.55 Å². The summed E-state index contributed by atoms with van der Waals surface area (Å²) < 4.78 is 13.8. The van der Waals surface area contributed by atoms with Gasteiger partial charge in [-0.1, -0.05) is 23.5 Å². The van der Waals surface area contributed by atoms with Crippen molar-refractivity contribution >= 4 is 55.0 Å². The summed E-state index contributed by atoms with van der Waals surface area (Å²) in [7, 11) is 1.33. The first-order chi connectivity index (χ1) is 14.1. The summed E-state index contributed by atoms with van der Waals surface area (Å²) in [4.78, 5) is 33.7. The maximum absolute atomic E-state index is 12.8. The molecule has 0 radical (unpaired) electrons. The molecule has 0 aliphatic heterocycles. The number of aromatic nitrogens is 2. The van der Waals surface area contributed by atoms with E-state index < -0.39 is 11.9 Å². The summed E-state index contributed by atoms with van der Waals surface area (Å²) in [5, 5.41) is 0.309. The van der Waals surface area contributed by atoms with Gasteiger partial charge >= 0.3 is 11.9 Å². The number of carbonyl (C=O) groups is 2. The molecule has 0 N–H and O–H groups in total. The van der Waals surface area contributed by atoms with Gasteiger partial charge in [0.05, 0.1) is 34.1 Å². The first-order valence-electron chi connectivity index (χ1n) is 8.86. The van der Waals surface area contributed by atoms with Gasteiger partial charge in [-0.05, 0) is 37.3 Å². The molecule has 0 saturated heterocycles. The fourth-order valence-electron chi connectivity index (χ4n) is 2.84. The molecule has 2 aromatic heterocycles. The molecule has 0 spiro atoms. The second-order valence-corrected chi connectivity index (χ2v) is 8.05. The van der Waals surface area contributed by atoms with Crippen LogP contribution in [0.2, 0.25) is 0 Å². The second kappa shape index (κ2) is 8.14. The number of methoxy groups -OCH3 is 1. The summed E-state index contributed by atoms with van der Waals surface area (Å²) in [6.07, 6.45) is 0. The third-order valence-corrected chi connectivity index (χ3v) is 6.22. The normalized spacial score (nSPS) is 11.9. The standard InChI is InChI=1S/C20H17N3O4S2/c1-3-27-12-8-9-14-16(10-12)29-20(23(14)11-17(24)26-2)22-18(25)19-21-13-6-4-5-7-15(13)28-19/h4-10H,3,11H2,1-2H3. The smallest absolute Gasteiger partial charge is 0.325 e. The molecule has 29 heavy (non-hydrogen) atoms. The Balaban J connectivity index is 1.82. The fourth-order valence-corrected chi connectivity index (χ4v) is 4.75. The highest BCUT2D eigenvalue weighted by Crippen LogP contribution is 2.25. The SMILES string of the molecule is CCOc1ccc2c(c1)sc(=NC(=O)c1nc3ccccc3s1)n2CC(=O)OC. The molecule has 0 bridgehead atoms. The van der Waals surface area contributed by atoms with Gasteiger partial charge in [-0.3, -0.25) is 9.59 Å². The van der Waals surface area contributed by atoms with Gasteiger partial charge in [-0.15, -0.1) is 11.3 Å². The van der Waals surface area contributed by atoms with Crippen LogP contribution in [-0.2, 0) is 16.1 Å². The van der Waals surface area contributed by atoms with E-state index in [-0.39, 0.29) is 6.54 Å². The number of benzene rings is 2. The van der Waals surface area contributed by atoms with E-state index in [9.17, 15) is 9.59 Å². The maximum atomic E-state index is 12.8. The van der Waals surface area contributed by atoms with Crippen molar-refractivity contribution in [3.8, 4) is 5.75 Å². The number of amides is 1. The van der Waals surface area contributed by atoms with Crippen molar-refractivity contribution in [2.24, 2.45) is 4.99 Å². The topological polar surface area (TPSA) is 82.8 Å². The summed E-state index contributed by atoms with van der Waals surface area (Å²) >= 11 is 2.60. The highest BCUT2D eigenvalue weighted by Gasteiger charge is 2.15. The van der Waals surface area contributed by atoms with Gasteiger partial charge < -0.3 is 14.0 Å². The Morgan fingerprint density at radius 1 is 1.14 bits per heavy atom. The Morgan fingerprint density at radius 3 is 2.72 bits per heavy atom. The van der Waals surface area contributed by atoms with Crippen LogP contribution in [0.5, 0.6) is 5.75 Å². The number of para-hydroxylation sites is 1. The van der Waals surface area contributed by atoms with E-state index in [1.165, 1.54) is 29.8 Å². The molecule has 4 aromatic rings. The largest absolute Gasteiger partial charge is 0.494 e. The highest BCUT2D eigenvalue weighted by molar-refractivity contribution is 7.20. The zero-order chi connectivity index (χ0) is 20.4. The fraction of sp³-hybridized carbons (Fsp3) is 0.200. The lowest BCUT2D eigenvalue weighted by Gasteiger charge is -2.05. The lowest BCUT2D eigenvalue weighted by molar-refractivity contribution is -0.141. The number of rotatable bonds is 5. The van der Waals surface area contributed by atoms with Gasteiger partial charge in [0.15, 0.2) is 9.81 Å². The van der Waals surface area contributed by atoms with E-state index in [1.807, 2.05) is 49.4 Å². The Kier molecular flexibility index (Phi) is 5.41. The van der Waals surface area contributed by atoms with Crippen molar-refractivity contribution in [3.63, 3.8) is 0 Å². The predicted molar refractivity (Wildman–Crippen MR) is 113 cm³/mol. The Labute approximate surface area is 173 Å². The number of nitrogens with zero attached hydrogens (tertiary/aromatic N) is 3. The molecule has 1 amide bonds. The van der Waals surface area contributed by atoms with Crippen LogP contribution < -0.4 is 9.54 Å². The van der Waals surface area contributed by atoms with Gasteiger partial charge in [0.1, 0.15) is 12.3 Å². The summed E-state index contributed by atoms with van der Waals surface area (Å²) in [6.45, 7) is 2.41. The van der Waals surface area contributed by atoms with Crippen LogP contribution in [0.3, 0.4) is 0 Å². The average Bonchev–Trinajstić information content (AvgIpc) is 3.29. The van der Waals surface area contributed by atoms with Gasteiger partial charge in [0.25, 0.3) is 0 Å². The number of ether oxygens (including phenoxy) is 2. The number of hydrogen-bond donors (Lipinski definition) is 0. The van der Waals surface area contributed by atoms with E-state index in [0.717, 1.165) is 26.2 Å². The van der Waals surface area contributed by atoms with Crippen LogP contribution >= 0.6 is 22.7 Å². The molecule has 0 fully saturated rings. The monoisotopic (exact) mass is 427 g/mol. The molecule has 0 unspecified atom stereocenters. The van der Waals surface area contributed by atoms with Crippen molar-refractivity contribution in [2.45, 2.75) is 13.5 Å². The number of esters is 1. The molecular formula is C20H17N3O4S2. The van der Waals surface area contributed by atoms with Gasteiger partial charge in [-0.25, -0.2) is 4.98 Å². The lowest BCUT2D eigenvalue weighted by Crippen LogP contribution is -2.22. The van der Waals surface area contributed by atoms with Gasteiger partial charge in [0, 0.05) is 0 Å². The second-order valence-electron chi connectivity index (χ2n) is 6.01. The quantitative estimate of drug-likeness (QED) is 0.454. The number of hydrogen-bond acceptors (Lipinski definition) is 7. The van der Waals surface area contributed by atoms with Crippen molar-refractivity contribution in [3.05, 3.63) is 52.3 Å². The van der Waals surface area contributed by atoms with Crippen LogP contribution in [0.25, 0.3) is 20.4 Å². The lowest BCUT2D eigenvalue weighted by atomic mass is 10.3. The van der Waals surface area contributed by atoms with E-state index in [4.69, 9.17) is 9.47 Å². The summed E-state index contributed by atoms with van der Waals surface area (Å²) in [5.41, 5.74) is 1.54. The van der Waals surface area contributed by atoms with Crippen molar-refractivity contribution in [2.75, 3.05) is 13.7 Å². The zero-order valence-electron chi connectivity index (χ0n) is 15.7. The van der Waals surface area contributed by atoms with Crippen LogP contribution in [-0.4, -0.2) is 35.1 Å². The molecular weight excluding hydrogens is 410 g/mol. The third-order valence-electron chi connectivity index (χ3n) is 4.15. The van der Waals surface area contributed by atoms with E-state index >= 15 is 0 Å². The van der Waals surface area contributed by atoms with Crippen LogP contribution in [0.15, 0.2) is 47.5 Å². The summed E-state index contributed by atoms with van der Waals surface area (Å²) in [6, 6.07) is 13.1. The third kappa shape index (κ3) is 3.92. The Bertz CT molecular complexity index is 1250. The maximum Gasteiger partial charge on any atom is 0.325 e.